The smallest absolute Gasteiger partial charge is 0.258 e. The van der Waals surface area contributed by atoms with Crippen LogP contribution >= 0.6 is 11.6 Å². The fourth-order valence-electron chi connectivity index (χ4n) is 3.67. The number of hydrogen-bond acceptors (Lipinski definition) is 6. The summed E-state index contributed by atoms with van der Waals surface area (Å²) in [6.07, 6.45) is 5.41. The van der Waals surface area contributed by atoms with Gasteiger partial charge in [-0.1, -0.05) is 17.7 Å². The number of carbonyl (C=O) groups excluding carboxylic acids is 2. The molecule has 0 radical (unpaired) electrons. The Bertz CT molecular complexity index is 1170. The van der Waals surface area contributed by atoms with Crippen molar-refractivity contribution in [3.8, 4) is 0 Å². The van der Waals surface area contributed by atoms with Gasteiger partial charge in [0, 0.05) is 30.0 Å². The first kappa shape index (κ1) is 23.7. The molecule has 3 N–H and O–H groups in total. The zero-order valence-electron chi connectivity index (χ0n) is 19.1. The van der Waals surface area contributed by atoms with Crippen molar-refractivity contribution < 1.29 is 9.59 Å². The summed E-state index contributed by atoms with van der Waals surface area (Å²) in [5.41, 5.74) is 1.95. The Morgan fingerprint density at radius 2 is 1.91 bits per heavy atom. The van der Waals surface area contributed by atoms with Gasteiger partial charge in [-0.3, -0.25) is 14.9 Å². The average Bonchev–Trinajstić information content (AvgIpc) is 3.06. The Balaban J connectivity index is 1.47. The highest BCUT2D eigenvalue weighted by molar-refractivity contribution is 6.31. The average molecular weight is 479 g/mol. The van der Waals surface area contributed by atoms with E-state index in [0.29, 0.717) is 28.1 Å². The lowest BCUT2D eigenvalue weighted by Crippen LogP contribution is -2.36. The second-order valence-electron chi connectivity index (χ2n) is 8.39. The first-order valence-corrected chi connectivity index (χ1v) is 11.6. The summed E-state index contributed by atoms with van der Waals surface area (Å²) in [5.74, 6) is 0.428. The normalized spacial score (nSPS) is 16.0. The summed E-state index contributed by atoms with van der Waals surface area (Å²) < 4.78 is 0. The number of amides is 2. The third kappa shape index (κ3) is 5.89. The molecule has 2 aromatic heterocycles. The Hall–Kier alpha value is -3.49. The molecule has 1 atom stereocenters. The first-order valence-electron chi connectivity index (χ1n) is 11.2. The molecule has 1 aliphatic rings. The molecule has 1 aromatic carbocycles. The van der Waals surface area contributed by atoms with E-state index in [9.17, 15) is 9.59 Å². The molecule has 1 fully saturated rings. The Morgan fingerprint density at radius 3 is 2.65 bits per heavy atom. The first-order chi connectivity index (χ1) is 16.4. The summed E-state index contributed by atoms with van der Waals surface area (Å²) in [4.78, 5) is 36.6. The minimum atomic E-state index is -0.425. The van der Waals surface area contributed by atoms with Crippen molar-refractivity contribution in [3.63, 3.8) is 0 Å². The molecule has 1 unspecified atom stereocenters. The van der Waals surface area contributed by atoms with Gasteiger partial charge in [0.2, 0.25) is 0 Å². The van der Waals surface area contributed by atoms with Crippen LogP contribution in [0.5, 0.6) is 0 Å². The Labute approximate surface area is 203 Å². The highest BCUT2D eigenvalue weighted by Crippen LogP contribution is 2.23. The minimum absolute atomic E-state index is 0.234. The highest BCUT2D eigenvalue weighted by atomic mass is 35.5. The summed E-state index contributed by atoms with van der Waals surface area (Å²) in [6, 6.07) is 12.3. The van der Waals surface area contributed by atoms with Crippen LogP contribution in [0.4, 0.5) is 17.3 Å². The number of carbonyl (C=O) groups is 2. The van der Waals surface area contributed by atoms with Crippen molar-refractivity contribution >= 4 is 40.7 Å². The number of hydrogen-bond donors (Lipinski definition) is 3. The lowest BCUT2D eigenvalue weighted by molar-refractivity contribution is 0.102. The molecule has 34 heavy (non-hydrogen) atoms. The number of pyridine rings is 2. The van der Waals surface area contributed by atoms with Crippen molar-refractivity contribution in [1.29, 1.82) is 0 Å². The molecule has 1 aliphatic heterocycles. The van der Waals surface area contributed by atoms with E-state index in [4.69, 9.17) is 11.6 Å². The van der Waals surface area contributed by atoms with Crippen LogP contribution in [0.15, 0.2) is 54.9 Å². The zero-order valence-corrected chi connectivity index (χ0v) is 19.9. The maximum absolute atomic E-state index is 12.9. The lowest BCUT2D eigenvalue weighted by atomic mass is 10.1. The van der Waals surface area contributed by atoms with Gasteiger partial charge in [0.25, 0.3) is 11.8 Å². The standard InChI is InChI=1S/C25H27ClN6O2/c1-16-5-9-22(27-13-16)31-25(34)20-12-19(26)7-8-21(20)30-24(33)18-6-10-23(28-14-18)32-11-3-4-17(2)29-15-32/h5-10,12-14,17,29H,3-4,11,15H2,1-2H3,(H,30,33)(H,27,31,34). The molecular weight excluding hydrogens is 452 g/mol. The summed E-state index contributed by atoms with van der Waals surface area (Å²) in [7, 11) is 0. The van der Waals surface area contributed by atoms with Gasteiger partial charge in [-0.25, -0.2) is 9.97 Å². The maximum Gasteiger partial charge on any atom is 0.258 e. The predicted molar refractivity (Wildman–Crippen MR) is 135 cm³/mol. The molecule has 3 heterocycles. The van der Waals surface area contributed by atoms with Crippen molar-refractivity contribution in [2.45, 2.75) is 32.7 Å². The number of benzene rings is 1. The van der Waals surface area contributed by atoms with E-state index in [1.165, 1.54) is 6.07 Å². The van der Waals surface area contributed by atoms with E-state index in [1.54, 1.807) is 36.7 Å². The summed E-state index contributed by atoms with van der Waals surface area (Å²) in [5, 5.41) is 9.37. The molecule has 0 bridgehead atoms. The SMILES string of the molecule is Cc1ccc(NC(=O)c2cc(Cl)ccc2NC(=O)c2ccc(N3CCCC(C)NC3)nc2)nc1. The summed E-state index contributed by atoms with van der Waals surface area (Å²) >= 11 is 6.12. The predicted octanol–water partition coefficient (Wildman–Crippen LogP) is 4.48. The third-order valence-corrected chi connectivity index (χ3v) is 5.89. The van der Waals surface area contributed by atoms with Gasteiger partial charge >= 0.3 is 0 Å². The number of rotatable bonds is 5. The molecule has 9 heteroatoms. The molecular formula is C25H27ClN6O2. The molecule has 2 amide bonds. The van der Waals surface area contributed by atoms with E-state index in [1.807, 2.05) is 19.1 Å². The van der Waals surface area contributed by atoms with Crippen LogP contribution in [0.25, 0.3) is 0 Å². The van der Waals surface area contributed by atoms with Crippen LogP contribution in [-0.4, -0.2) is 41.0 Å². The maximum atomic E-state index is 12.9. The van der Waals surface area contributed by atoms with E-state index in [0.717, 1.165) is 37.4 Å². The van der Waals surface area contributed by atoms with E-state index >= 15 is 0 Å². The van der Waals surface area contributed by atoms with Crippen molar-refractivity contribution in [3.05, 3.63) is 76.6 Å². The largest absolute Gasteiger partial charge is 0.344 e. The van der Waals surface area contributed by atoms with Crippen LogP contribution in [0.3, 0.4) is 0 Å². The van der Waals surface area contributed by atoms with Crippen molar-refractivity contribution in [2.75, 3.05) is 28.7 Å². The Morgan fingerprint density at radius 1 is 1.06 bits per heavy atom. The van der Waals surface area contributed by atoms with Crippen LogP contribution in [0, 0.1) is 6.92 Å². The second kappa shape index (κ2) is 10.6. The second-order valence-corrected chi connectivity index (χ2v) is 8.83. The van der Waals surface area contributed by atoms with Gasteiger partial charge < -0.3 is 15.5 Å². The molecule has 1 saturated heterocycles. The molecule has 8 nitrogen and oxygen atoms in total. The van der Waals surface area contributed by atoms with Crippen molar-refractivity contribution in [1.82, 2.24) is 15.3 Å². The fourth-order valence-corrected chi connectivity index (χ4v) is 3.84. The van der Waals surface area contributed by atoms with E-state index < -0.39 is 5.91 Å². The van der Waals surface area contributed by atoms with E-state index in [-0.39, 0.29) is 11.5 Å². The number of anilines is 3. The molecule has 4 rings (SSSR count). The molecule has 176 valence electrons. The highest BCUT2D eigenvalue weighted by Gasteiger charge is 2.18. The monoisotopic (exact) mass is 478 g/mol. The number of nitrogens with zero attached hydrogens (tertiary/aromatic N) is 3. The van der Waals surface area contributed by atoms with Gasteiger partial charge in [0.05, 0.1) is 23.5 Å². The number of aromatic nitrogens is 2. The van der Waals surface area contributed by atoms with Gasteiger partial charge in [-0.15, -0.1) is 0 Å². The van der Waals surface area contributed by atoms with Crippen LogP contribution in [0.1, 0.15) is 46.0 Å². The fraction of sp³-hybridized carbons (Fsp3) is 0.280. The molecule has 0 spiro atoms. The number of aryl methyl sites for hydroxylation is 1. The van der Waals surface area contributed by atoms with Gasteiger partial charge in [-0.2, -0.15) is 0 Å². The van der Waals surface area contributed by atoms with Gasteiger partial charge in [-0.05, 0) is 68.7 Å². The number of halogens is 1. The number of nitrogens with one attached hydrogen (secondary N) is 3. The molecule has 0 aliphatic carbocycles. The van der Waals surface area contributed by atoms with Crippen LogP contribution in [0.2, 0.25) is 5.02 Å². The topological polar surface area (TPSA) is 99.2 Å². The minimum Gasteiger partial charge on any atom is -0.344 e. The third-order valence-electron chi connectivity index (χ3n) is 5.66. The lowest BCUT2D eigenvalue weighted by Gasteiger charge is -2.22. The quantitative estimate of drug-likeness (QED) is 0.500. The zero-order chi connectivity index (χ0) is 24.1. The van der Waals surface area contributed by atoms with Crippen LogP contribution in [-0.2, 0) is 0 Å². The summed E-state index contributed by atoms with van der Waals surface area (Å²) in [6.45, 7) is 5.72. The van der Waals surface area contributed by atoms with Crippen LogP contribution < -0.4 is 20.9 Å². The van der Waals surface area contributed by atoms with Crippen molar-refractivity contribution in [2.24, 2.45) is 0 Å². The van der Waals surface area contributed by atoms with Gasteiger partial charge in [0.15, 0.2) is 0 Å². The molecule has 0 saturated carbocycles. The molecule has 3 aromatic rings. The van der Waals surface area contributed by atoms with E-state index in [2.05, 4.69) is 37.7 Å². The Kier molecular flexibility index (Phi) is 7.40. The van der Waals surface area contributed by atoms with Gasteiger partial charge in [0.1, 0.15) is 11.6 Å².